The van der Waals surface area contributed by atoms with Crippen LogP contribution in [0.5, 0.6) is 0 Å². The lowest BCUT2D eigenvalue weighted by molar-refractivity contribution is 0.440. The molecule has 1 aromatic heterocycles. The Morgan fingerprint density at radius 3 is 2.44 bits per heavy atom. The average molecular weight is 263 g/mol. The van der Waals surface area contributed by atoms with E-state index in [0.29, 0.717) is 12.1 Å². The molecule has 5 nitrogen and oxygen atoms in total. The zero-order chi connectivity index (χ0) is 12.6. The van der Waals surface area contributed by atoms with Gasteiger partial charge in [-0.25, -0.2) is 18.1 Å². The minimum Gasteiger partial charge on any atom is -0.375 e. The lowest BCUT2D eigenvalue weighted by Crippen LogP contribution is -2.42. The van der Waals surface area contributed by atoms with Crippen molar-refractivity contribution >= 4 is 26.5 Å². The van der Waals surface area contributed by atoms with Crippen LogP contribution in [0.15, 0.2) is 4.21 Å². The van der Waals surface area contributed by atoms with Gasteiger partial charge in [0, 0.05) is 5.54 Å². The van der Waals surface area contributed by atoms with Crippen LogP contribution in [0, 0.1) is 6.92 Å². The second kappa shape index (κ2) is 4.31. The molecule has 92 valence electrons. The van der Waals surface area contributed by atoms with Crippen LogP contribution >= 0.6 is 11.3 Å². The Labute approximate surface area is 100 Å². The summed E-state index contributed by atoms with van der Waals surface area (Å²) in [6.45, 7) is 7.24. The molecule has 0 radical (unpaired) electrons. The number of rotatable bonds is 4. The topological polar surface area (TPSA) is 85.1 Å². The number of nitrogens with zero attached hydrogens (tertiary/aromatic N) is 1. The molecule has 0 aliphatic carbocycles. The molecule has 7 heteroatoms. The zero-order valence-corrected chi connectivity index (χ0v) is 11.5. The van der Waals surface area contributed by atoms with Gasteiger partial charge in [0.25, 0.3) is 10.0 Å². The van der Waals surface area contributed by atoms with E-state index in [-0.39, 0.29) is 9.34 Å². The number of aryl methyl sites for hydroxylation is 1. The SMILES string of the molecule is CCC(C)(C)NS(=O)(=O)c1sc(N)nc1C. The molecule has 1 heterocycles. The Kier molecular flexibility index (Phi) is 3.61. The first-order chi connectivity index (χ1) is 7.18. The summed E-state index contributed by atoms with van der Waals surface area (Å²) in [5.74, 6) is 0. The highest BCUT2D eigenvalue weighted by Crippen LogP contribution is 2.26. The first-order valence-electron chi connectivity index (χ1n) is 4.95. The molecule has 0 bridgehead atoms. The quantitative estimate of drug-likeness (QED) is 0.862. The summed E-state index contributed by atoms with van der Waals surface area (Å²) in [5.41, 5.74) is 5.47. The number of thiazole rings is 1. The molecule has 1 rings (SSSR count). The summed E-state index contributed by atoms with van der Waals surface area (Å²) in [6.07, 6.45) is 0.708. The minimum atomic E-state index is -3.51. The Morgan fingerprint density at radius 1 is 1.50 bits per heavy atom. The Morgan fingerprint density at radius 2 is 2.06 bits per heavy atom. The van der Waals surface area contributed by atoms with Gasteiger partial charge in [-0.3, -0.25) is 0 Å². The zero-order valence-electron chi connectivity index (χ0n) is 9.86. The van der Waals surface area contributed by atoms with Crippen molar-refractivity contribution in [3.63, 3.8) is 0 Å². The van der Waals surface area contributed by atoms with Crippen molar-refractivity contribution in [3.05, 3.63) is 5.69 Å². The van der Waals surface area contributed by atoms with Gasteiger partial charge in [0.1, 0.15) is 0 Å². The third kappa shape index (κ3) is 2.93. The smallest absolute Gasteiger partial charge is 0.252 e. The highest BCUT2D eigenvalue weighted by molar-refractivity contribution is 7.91. The molecule has 0 aromatic carbocycles. The van der Waals surface area contributed by atoms with Crippen molar-refractivity contribution in [2.45, 2.75) is 43.9 Å². The van der Waals surface area contributed by atoms with Gasteiger partial charge in [0.05, 0.1) is 5.69 Å². The molecule has 0 atom stereocenters. The van der Waals surface area contributed by atoms with Crippen LogP contribution in [0.3, 0.4) is 0 Å². The normalized spacial score (nSPS) is 13.0. The second-order valence-corrected chi connectivity index (χ2v) is 7.18. The number of sulfonamides is 1. The van der Waals surface area contributed by atoms with Crippen LogP contribution in [0.2, 0.25) is 0 Å². The monoisotopic (exact) mass is 263 g/mol. The average Bonchev–Trinajstić information content (AvgIpc) is 2.44. The Balaban J connectivity index is 3.09. The van der Waals surface area contributed by atoms with Crippen LogP contribution in [-0.2, 0) is 10.0 Å². The van der Waals surface area contributed by atoms with E-state index in [4.69, 9.17) is 5.73 Å². The molecule has 1 aromatic rings. The van der Waals surface area contributed by atoms with Gasteiger partial charge >= 0.3 is 0 Å². The molecule has 0 spiro atoms. The number of hydrogen-bond donors (Lipinski definition) is 2. The van der Waals surface area contributed by atoms with E-state index >= 15 is 0 Å². The lowest BCUT2D eigenvalue weighted by Gasteiger charge is -2.23. The van der Waals surface area contributed by atoms with E-state index in [1.54, 1.807) is 6.92 Å². The fraction of sp³-hybridized carbons (Fsp3) is 0.667. The van der Waals surface area contributed by atoms with Gasteiger partial charge in [-0.1, -0.05) is 18.3 Å². The minimum absolute atomic E-state index is 0.200. The number of nitrogens with one attached hydrogen (secondary N) is 1. The predicted molar refractivity (Wildman–Crippen MR) is 66.0 cm³/mol. The van der Waals surface area contributed by atoms with Crippen molar-refractivity contribution in [1.29, 1.82) is 0 Å². The van der Waals surface area contributed by atoms with Crippen molar-refractivity contribution < 1.29 is 8.42 Å². The van der Waals surface area contributed by atoms with E-state index in [2.05, 4.69) is 9.71 Å². The largest absolute Gasteiger partial charge is 0.375 e. The molecule has 0 saturated carbocycles. The van der Waals surface area contributed by atoms with Crippen LogP contribution in [0.4, 0.5) is 5.13 Å². The fourth-order valence-electron chi connectivity index (χ4n) is 1.13. The highest BCUT2D eigenvalue weighted by atomic mass is 32.2. The first-order valence-corrected chi connectivity index (χ1v) is 7.25. The molecule has 0 amide bonds. The van der Waals surface area contributed by atoms with Crippen LogP contribution < -0.4 is 10.5 Å². The van der Waals surface area contributed by atoms with Crippen LogP contribution in [0.1, 0.15) is 32.9 Å². The third-order valence-electron chi connectivity index (χ3n) is 2.31. The number of nitrogens with two attached hydrogens (primary N) is 1. The molecular weight excluding hydrogens is 246 g/mol. The maximum atomic E-state index is 12.0. The summed E-state index contributed by atoms with van der Waals surface area (Å²) in [7, 11) is -3.51. The van der Waals surface area contributed by atoms with Gasteiger partial charge in [-0.05, 0) is 27.2 Å². The molecule has 0 saturated heterocycles. The third-order valence-corrected chi connectivity index (χ3v) is 5.60. The van der Waals surface area contributed by atoms with Gasteiger partial charge in [-0.15, -0.1) is 0 Å². The Bertz CT molecular complexity index is 477. The number of hydrogen-bond acceptors (Lipinski definition) is 5. The first kappa shape index (κ1) is 13.4. The van der Waals surface area contributed by atoms with Crippen molar-refractivity contribution in [2.75, 3.05) is 5.73 Å². The second-order valence-electron chi connectivity index (χ2n) is 4.27. The summed E-state index contributed by atoms with van der Waals surface area (Å²) < 4.78 is 26.9. The van der Waals surface area contributed by atoms with Gasteiger partial charge < -0.3 is 5.73 Å². The highest BCUT2D eigenvalue weighted by Gasteiger charge is 2.27. The van der Waals surface area contributed by atoms with Crippen LogP contribution in [0.25, 0.3) is 0 Å². The summed E-state index contributed by atoms with van der Waals surface area (Å²) in [4.78, 5) is 3.91. The summed E-state index contributed by atoms with van der Waals surface area (Å²) >= 11 is 0.989. The van der Waals surface area contributed by atoms with E-state index in [1.807, 2.05) is 20.8 Å². The lowest BCUT2D eigenvalue weighted by atomic mass is 10.0. The van der Waals surface area contributed by atoms with Crippen molar-refractivity contribution in [2.24, 2.45) is 0 Å². The maximum absolute atomic E-state index is 12.0. The van der Waals surface area contributed by atoms with E-state index in [1.165, 1.54) is 0 Å². The van der Waals surface area contributed by atoms with E-state index < -0.39 is 15.6 Å². The van der Waals surface area contributed by atoms with Gasteiger partial charge in [0.2, 0.25) is 0 Å². The van der Waals surface area contributed by atoms with E-state index in [0.717, 1.165) is 11.3 Å². The molecule has 3 N–H and O–H groups in total. The maximum Gasteiger partial charge on any atom is 0.252 e. The standard InChI is InChI=1S/C9H17N3O2S2/c1-5-9(3,4)12-16(13,14)7-6(2)11-8(10)15-7/h12H,5H2,1-4H3,(H2,10,11). The fourth-order valence-corrected chi connectivity index (χ4v) is 3.92. The predicted octanol–water partition coefficient (Wildman–Crippen LogP) is 1.50. The molecular formula is C9H17N3O2S2. The van der Waals surface area contributed by atoms with Crippen molar-refractivity contribution in [1.82, 2.24) is 9.71 Å². The Hall–Kier alpha value is -0.660. The van der Waals surface area contributed by atoms with Gasteiger partial charge in [-0.2, -0.15) is 0 Å². The number of aromatic nitrogens is 1. The molecule has 0 unspecified atom stereocenters. The van der Waals surface area contributed by atoms with Crippen molar-refractivity contribution in [3.8, 4) is 0 Å². The summed E-state index contributed by atoms with van der Waals surface area (Å²) in [6, 6.07) is 0. The number of nitrogen functional groups attached to an aromatic ring is 1. The molecule has 0 aliphatic rings. The summed E-state index contributed by atoms with van der Waals surface area (Å²) in [5, 5.41) is 0.271. The number of anilines is 1. The molecule has 16 heavy (non-hydrogen) atoms. The van der Waals surface area contributed by atoms with Crippen LogP contribution in [-0.4, -0.2) is 18.9 Å². The molecule has 0 aliphatic heterocycles. The van der Waals surface area contributed by atoms with Gasteiger partial charge in [0.15, 0.2) is 9.34 Å². The van der Waals surface area contributed by atoms with E-state index in [9.17, 15) is 8.42 Å². The molecule has 0 fully saturated rings.